The van der Waals surface area contributed by atoms with E-state index in [-0.39, 0.29) is 11.9 Å². The van der Waals surface area contributed by atoms with Gasteiger partial charge in [-0.1, -0.05) is 0 Å². The van der Waals surface area contributed by atoms with Crippen LogP contribution in [0.4, 0.5) is 0 Å². The first-order valence-corrected chi connectivity index (χ1v) is 4.93. The lowest BCUT2D eigenvalue weighted by atomic mass is 10.2. The third-order valence-corrected chi connectivity index (χ3v) is 2.13. The molecule has 4 heteroatoms. The van der Waals surface area contributed by atoms with Crippen molar-refractivity contribution in [3.8, 4) is 0 Å². The van der Waals surface area contributed by atoms with Gasteiger partial charge in [-0.3, -0.25) is 4.79 Å². The molecular formula is C9H18N2O2. The maximum absolute atomic E-state index is 11.4. The second-order valence-electron chi connectivity index (χ2n) is 3.14. The van der Waals surface area contributed by atoms with E-state index >= 15 is 0 Å². The molecule has 0 aromatic heterocycles. The highest BCUT2D eigenvalue weighted by molar-refractivity contribution is 5.81. The van der Waals surface area contributed by atoms with Crippen molar-refractivity contribution >= 4 is 5.91 Å². The molecular weight excluding hydrogens is 168 g/mol. The summed E-state index contributed by atoms with van der Waals surface area (Å²) in [5.74, 6) is 0.109. The van der Waals surface area contributed by atoms with Gasteiger partial charge in [0, 0.05) is 13.2 Å². The van der Waals surface area contributed by atoms with Crippen molar-refractivity contribution < 1.29 is 9.53 Å². The van der Waals surface area contributed by atoms with Crippen LogP contribution in [0.15, 0.2) is 0 Å². The Hall–Kier alpha value is -0.610. The number of hydrogen-bond acceptors (Lipinski definition) is 3. The zero-order chi connectivity index (χ0) is 9.52. The summed E-state index contributed by atoms with van der Waals surface area (Å²) in [6.07, 6.45) is 2.06. The SMILES string of the molecule is CCOCCNC(=O)[C@H]1CCCN1. The number of ether oxygens (including phenoxy) is 1. The summed E-state index contributed by atoms with van der Waals surface area (Å²) in [5, 5.41) is 5.98. The first-order chi connectivity index (χ1) is 6.34. The molecule has 0 aromatic rings. The first-order valence-electron chi connectivity index (χ1n) is 4.93. The van der Waals surface area contributed by atoms with Crippen molar-refractivity contribution in [1.29, 1.82) is 0 Å². The van der Waals surface area contributed by atoms with E-state index in [1.807, 2.05) is 6.92 Å². The largest absolute Gasteiger partial charge is 0.380 e. The molecule has 1 amide bonds. The maximum atomic E-state index is 11.4. The Morgan fingerprint density at radius 1 is 1.69 bits per heavy atom. The maximum Gasteiger partial charge on any atom is 0.237 e. The number of carbonyl (C=O) groups excluding carboxylic acids is 1. The molecule has 76 valence electrons. The number of amides is 1. The fraction of sp³-hybridized carbons (Fsp3) is 0.889. The molecule has 0 bridgehead atoms. The van der Waals surface area contributed by atoms with Crippen LogP contribution in [0.25, 0.3) is 0 Å². The Kier molecular flexibility index (Phi) is 4.78. The molecule has 1 heterocycles. The quantitative estimate of drug-likeness (QED) is 0.589. The molecule has 4 nitrogen and oxygen atoms in total. The van der Waals surface area contributed by atoms with Crippen LogP contribution in [0, 0.1) is 0 Å². The molecule has 0 unspecified atom stereocenters. The van der Waals surface area contributed by atoms with Gasteiger partial charge >= 0.3 is 0 Å². The van der Waals surface area contributed by atoms with Crippen molar-refractivity contribution in [2.24, 2.45) is 0 Å². The predicted octanol–water partition coefficient (Wildman–Crippen LogP) is -0.109. The van der Waals surface area contributed by atoms with Crippen molar-refractivity contribution in [3.05, 3.63) is 0 Å². The van der Waals surface area contributed by atoms with Crippen molar-refractivity contribution in [3.63, 3.8) is 0 Å². The van der Waals surface area contributed by atoms with Gasteiger partial charge in [-0.25, -0.2) is 0 Å². The second kappa shape index (κ2) is 5.94. The van der Waals surface area contributed by atoms with Gasteiger partial charge in [-0.2, -0.15) is 0 Å². The standard InChI is InChI=1S/C9H18N2O2/c1-2-13-7-6-11-9(12)8-4-3-5-10-8/h8,10H,2-7H2,1H3,(H,11,12)/t8-/m1/s1. The zero-order valence-electron chi connectivity index (χ0n) is 8.14. The summed E-state index contributed by atoms with van der Waals surface area (Å²) < 4.78 is 5.11. The van der Waals surface area contributed by atoms with E-state index in [0.717, 1.165) is 19.4 Å². The summed E-state index contributed by atoms with van der Waals surface area (Å²) in [6.45, 7) is 4.83. The lowest BCUT2D eigenvalue weighted by molar-refractivity contribution is -0.123. The zero-order valence-corrected chi connectivity index (χ0v) is 8.14. The minimum absolute atomic E-state index is 0.0293. The van der Waals surface area contributed by atoms with E-state index in [2.05, 4.69) is 10.6 Å². The fourth-order valence-electron chi connectivity index (χ4n) is 1.42. The number of rotatable bonds is 5. The van der Waals surface area contributed by atoms with Crippen LogP contribution in [0.3, 0.4) is 0 Å². The van der Waals surface area contributed by atoms with Crippen LogP contribution in [0.1, 0.15) is 19.8 Å². The van der Waals surface area contributed by atoms with Crippen molar-refractivity contribution in [1.82, 2.24) is 10.6 Å². The van der Waals surface area contributed by atoms with Crippen LogP contribution in [-0.2, 0) is 9.53 Å². The lowest BCUT2D eigenvalue weighted by Crippen LogP contribution is -2.41. The molecule has 1 fully saturated rings. The molecule has 1 atom stereocenters. The molecule has 1 aliphatic rings. The second-order valence-corrected chi connectivity index (χ2v) is 3.14. The van der Waals surface area contributed by atoms with Gasteiger partial charge in [-0.15, -0.1) is 0 Å². The highest BCUT2D eigenvalue weighted by Crippen LogP contribution is 2.03. The third kappa shape index (κ3) is 3.74. The summed E-state index contributed by atoms with van der Waals surface area (Å²) in [7, 11) is 0. The molecule has 0 spiro atoms. The van der Waals surface area contributed by atoms with Crippen LogP contribution in [0.5, 0.6) is 0 Å². The van der Waals surface area contributed by atoms with Gasteiger partial charge in [0.05, 0.1) is 12.6 Å². The minimum Gasteiger partial charge on any atom is -0.380 e. The smallest absolute Gasteiger partial charge is 0.237 e. The summed E-state index contributed by atoms with van der Waals surface area (Å²) >= 11 is 0. The Morgan fingerprint density at radius 2 is 2.54 bits per heavy atom. The molecule has 0 aromatic carbocycles. The van der Waals surface area contributed by atoms with E-state index in [9.17, 15) is 4.79 Å². The average Bonchev–Trinajstić information content (AvgIpc) is 2.65. The van der Waals surface area contributed by atoms with Gasteiger partial charge in [0.25, 0.3) is 0 Å². The third-order valence-electron chi connectivity index (χ3n) is 2.13. The summed E-state index contributed by atoms with van der Waals surface area (Å²) in [5.41, 5.74) is 0. The minimum atomic E-state index is 0.0293. The van der Waals surface area contributed by atoms with E-state index in [4.69, 9.17) is 4.74 Å². The summed E-state index contributed by atoms with van der Waals surface area (Å²) in [4.78, 5) is 11.4. The summed E-state index contributed by atoms with van der Waals surface area (Å²) in [6, 6.07) is 0.0293. The molecule has 0 radical (unpaired) electrons. The number of hydrogen-bond donors (Lipinski definition) is 2. The Morgan fingerprint density at radius 3 is 3.15 bits per heavy atom. The van der Waals surface area contributed by atoms with Crippen LogP contribution >= 0.6 is 0 Å². The van der Waals surface area contributed by atoms with Crippen LogP contribution in [0.2, 0.25) is 0 Å². The van der Waals surface area contributed by atoms with Crippen LogP contribution in [-0.4, -0.2) is 38.3 Å². The Labute approximate surface area is 79.0 Å². The van der Waals surface area contributed by atoms with Crippen LogP contribution < -0.4 is 10.6 Å². The Bertz CT molecular complexity index is 156. The molecule has 1 saturated heterocycles. The normalized spacial score (nSPS) is 21.8. The van der Waals surface area contributed by atoms with Crippen molar-refractivity contribution in [2.45, 2.75) is 25.8 Å². The van der Waals surface area contributed by atoms with Crippen molar-refractivity contribution in [2.75, 3.05) is 26.3 Å². The van der Waals surface area contributed by atoms with E-state index in [1.165, 1.54) is 0 Å². The first kappa shape index (κ1) is 10.5. The highest BCUT2D eigenvalue weighted by Gasteiger charge is 2.20. The molecule has 13 heavy (non-hydrogen) atoms. The monoisotopic (exact) mass is 186 g/mol. The van der Waals surface area contributed by atoms with E-state index in [1.54, 1.807) is 0 Å². The topological polar surface area (TPSA) is 50.4 Å². The van der Waals surface area contributed by atoms with Gasteiger partial charge in [0.2, 0.25) is 5.91 Å². The molecule has 1 rings (SSSR count). The van der Waals surface area contributed by atoms with Gasteiger partial charge < -0.3 is 15.4 Å². The van der Waals surface area contributed by atoms with E-state index in [0.29, 0.717) is 19.8 Å². The molecule has 2 N–H and O–H groups in total. The average molecular weight is 186 g/mol. The molecule has 1 aliphatic heterocycles. The lowest BCUT2D eigenvalue weighted by Gasteiger charge is -2.10. The highest BCUT2D eigenvalue weighted by atomic mass is 16.5. The molecule has 0 saturated carbocycles. The Balaban J connectivity index is 2.03. The van der Waals surface area contributed by atoms with Gasteiger partial charge in [0.1, 0.15) is 0 Å². The predicted molar refractivity (Wildman–Crippen MR) is 50.5 cm³/mol. The van der Waals surface area contributed by atoms with E-state index < -0.39 is 0 Å². The fourth-order valence-corrected chi connectivity index (χ4v) is 1.42. The van der Waals surface area contributed by atoms with Gasteiger partial charge in [0.15, 0.2) is 0 Å². The number of carbonyl (C=O) groups is 1. The number of nitrogens with one attached hydrogen (secondary N) is 2. The van der Waals surface area contributed by atoms with Gasteiger partial charge in [-0.05, 0) is 26.3 Å². The molecule has 0 aliphatic carbocycles.